The van der Waals surface area contributed by atoms with Gasteiger partial charge in [-0.1, -0.05) is 51.9 Å². The molecule has 1 aliphatic rings. The Labute approximate surface area is 151 Å². The van der Waals surface area contributed by atoms with Gasteiger partial charge in [0.05, 0.1) is 0 Å². The number of rotatable bonds is 6. The van der Waals surface area contributed by atoms with Crippen molar-refractivity contribution in [2.45, 2.75) is 44.6 Å². The number of Topliss-reactive ketones (excluding diaryl/α,β-unsaturated/α-hetero) is 1. The van der Waals surface area contributed by atoms with Crippen LogP contribution in [-0.2, 0) is 16.0 Å². The van der Waals surface area contributed by atoms with E-state index in [-0.39, 0.29) is 24.2 Å². The standard InChI is InChI=1S/C20H25N2O2P/c1-14-22(25)19(20(24-14)16-5-3-2-4-6-16)12-11-18(23)13-15-7-9-17(21)10-8-15/h2-10,14,19-20H,11-13,21,25H2,1H3. The van der Waals surface area contributed by atoms with Crippen LogP contribution in [0.5, 0.6) is 0 Å². The van der Waals surface area contributed by atoms with Crippen molar-refractivity contribution >= 4 is 20.9 Å². The summed E-state index contributed by atoms with van der Waals surface area (Å²) in [5, 5.41) is 0. The fraction of sp³-hybridized carbons (Fsp3) is 0.350. The summed E-state index contributed by atoms with van der Waals surface area (Å²) in [5.74, 6) is 0.245. The number of hydrogen-bond acceptors (Lipinski definition) is 4. The van der Waals surface area contributed by atoms with E-state index in [1.807, 2.05) is 49.4 Å². The van der Waals surface area contributed by atoms with E-state index in [4.69, 9.17) is 10.5 Å². The lowest BCUT2D eigenvalue weighted by molar-refractivity contribution is -0.118. The maximum absolute atomic E-state index is 12.4. The lowest BCUT2D eigenvalue weighted by Gasteiger charge is -2.23. The van der Waals surface area contributed by atoms with Crippen molar-refractivity contribution in [3.05, 3.63) is 65.7 Å². The first kappa shape index (κ1) is 18.1. The molecule has 0 aromatic heterocycles. The fourth-order valence-electron chi connectivity index (χ4n) is 3.30. The molecule has 2 aromatic rings. The Bertz CT molecular complexity index is 705. The summed E-state index contributed by atoms with van der Waals surface area (Å²) < 4.78 is 8.26. The molecule has 0 bridgehead atoms. The highest BCUT2D eigenvalue weighted by molar-refractivity contribution is 7.13. The third-order valence-electron chi connectivity index (χ3n) is 4.72. The number of ether oxygens (including phenoxy) is 1. The van der Waals surface area contributed by atoms with Crippen molar-refractivity contribution in [3.8, 4) is 0 Å². The van der Waals surface area contributed by atoms with E-state index in [1.165, 1.54) is 0 Å². The number of carbonyl (C=O) groups is 1. The average molecular weight is 356 g/mol. The van der Waals surface area contributed by atoms with Crippen LogP contribution in [0.4, 0.5) is 5.69 Å². The number of nitrogens with zero attached hydrogens (tertiary/aromatic N) is 1. The van der Waals surface area contributed by atoms with Crippen LogP contribution in [0.25, 0.3) is 0 Å². The molecule has 0 radical (unpaired) electrons. The minimum absolute atomic E-state index is 0.00183. The molecule has 2 N–H and O–H groups in total. The van der Waals surface area contributed by atoms with Crippen LogP contribution in [0, 0.1) is 0 Å². The predicted molar refractivity (Wildman–Crippen MR) is 104 cm³/mol. The maximum Gasteiger partial charge on any atom is 0.137 e. The van der Waals surface area contributed by atoms with Crippen molar-refractivity contribution < 1.29 is 9.53 Å². The zero-order chi connectivity index (χ0) is 17.8. The molecule has 132 valence electrons. The second kappa shape index (κ2) is 8.09. The Balaban J connectivity index is 1.61. The van der Waals surface area contributed by atoms with Gasteiger partial charge in [0.2, 0.25) is 0 Å². The Morgan fingerprint density at radius 1 is 1.16 bits per heavy atom. The number of anilines is 1. The Morgan fingerprint density at radius 3 is 2.52 bits per heavy atom. The monoisotopic (exact) mass is 356 g/mol. The van der Waals surface area contributed by atoms with Gasteiger partial charge in [0, 0.05) is 24.6 Å². The number of ketones is 1. The summed E-state index contributed by atoms with van der Waals surface area (Å²) in [6.45, 7) is 2.04. The topological polar surface area (TPSA) is 55.6 Å². The highest BCUT2D eigenvalue weighted by Gasteiger charge is 2.38. The van der Waals surface area contributed by atoms with E-state index in [0.717, 1.165) is 23.2 Å². The van der Waals surface area contributed by atoms with Crippen LogP contribution >= 0.6 is 9.39 Å². The molecule has 4 atom stereocenters. The maximum atomic E-state index is 12.4. The van der Waals surface area contributed by atoms with Gasteiger partial charge in [-0.15, -0.1) is 0 Å². The smallest absolute Gasteiger partial charge is 0.137 e. The zero-order valence-electron chi connectivity index (χ0n) is 14.5. The number of nitrogen functional groups attached to an aromatic ring is 1. The molecule has 0 saturated carbocycles. The Morgan fingerprint density at radius 2 is 1.84 bits per heavy atom. The third-order valence-corrected chi connectivity index (χ3v) is 5.53. The molecule has 1 saturated heterocycles. The second-order valence-corrected chi connectivity index (χ2v) is 7.17. The molecule has 0 aliphatic carbocycles. The minimum Gasteiger partial charge on any atom is -0.399 e. The molecule has 3 rings (SSSR count). The number of nitrogens with two attached hydrogens (primary N) is 1. The van der Waals surface area contributed by atoms with Crippen molar-refractivity contribution in [3.63, 3.8) is 0 Å². The highest BCUT2D eigenvalue weighted by Crippen LogP contribution is 2.39. The molecule has 0 amide bonds. The summed E-state index contributed by atoms with van der Waals surface area (Å²) >= 11 is 0. The molecular weight excluding hydrogens is 331 g/mol. The van der Waals surface area contributed by atoms with Crippen LogP contribution in [-0.4, -0.2) is 22.7 Å². The van der Waals surface area contributed by atoms with Gasteiger partial charge in [0.25, 0.3) is 0 Å². The van der Waals surface area contributed by atoms with Crippen LogP contribution in [0.3, 0.4) is 0 Å². The fourth-order valence-corrected chi connectivity index (χ4v) is 3.68. The van der Waals surface area contributed by atoms with E-state index in [9.17, 15) is 4.79 Å². The number of hydrogen-bond donors (Lipinski definition) is 1. The van der Waals surface area contributed by atoms with Crippen molar-refractivity contribution in [2.24, 2.45) is 0 Å². The SMILES string of the molecule is CC1OC(c2ccccc2)C(CCC(=O)Cc2ccc(N)cc2)N1P. The van der Waals surface area contributed by atoms with Crippen LogP contribution in [0.2, 0.25) is 0 Å². The summed E-state index contributed by atoms with van der Waals surface area (Å²) in [6.07, 6.45) is 1.79. The molecule has 1 fully saturated rings. The van der Waals surface area contributed by atoms with Gasteiger partial charge in [-0.2, -0.15) is 0 Å². The first-order valence-corrected chi connectivity index (χ1v) is 9.16. The summed E-state index contributed by atoms with van der Waals surface area (Å²) in [4.78, 5) is 12.4. The quantitative estimate of drug-likeness (QED) is 0.633. The summed E-state index contributed by atoms with van der Waals surface area (Å²) in [5.41, 5.74) is 8.59. The molecule has 4 nitrogen and oxygen atoms in total. The lowest BCUT2D eigenvalue weighted by Crippen LogP contribution is -2.28. The van der Waals surface area contributed by atoms with E-state index in [1.54, 1.807) is 0 Å². The molecule has 5 heteroatoms. The van der Waals surface area contributed by atoms with Gasteiger partial charge in [-0.25, -0.2) is 0 Å². The first-order valence-electron chi connectivity index (χ1n) is 8.64. The van der Waals surface area contributed by atoms with Gasteiger partial charge in [0.15, 0.2) is 0 Å². The molecule has 0 spiro atoms. The van der Waals surface area contributed by atoms with Crippen molar-refractivity contribution in [1.29, 1.82) is 0 Å². The van der Waals surface area contributed by atoms with Gasteiger partial charge in [-0.05, 0) is 36.6 Å². The molecule has 1 aliphatic heterocycles. The van der Waals surface area contributed by atoms with E-state index in [0.29, 0.717) is 12.8 Å². The third kappa shape index (κ3) is 4.46. The minimum atomic E-state index is -0.00183. The number of carbonyl (C=O) groups excluding carboxylic acids is 1. The first-order chi connectivity index (χ1) is 12.0. The van der Waals surface area contributed by atoms with E-state index >= 15 is 0 Å². The predicted octanol–water partition coefficient (Wildman–Crippen LogP) is 3.74. The normalized spacial score (nSPS) is 23.7. The van der Waals surface area contributed by atoms with E-state index in [2.05, 4.69) is 26.2 Å². The Kier molecular flexibility index (Phi) is 5.85. The summed E-state index contributed by atoms with van der Waals surface area (Å²) in [6, 6.07) is 17.9. The largest absolute Gasteiger partial charge is 0.399 e. The zero-order valence-corrected chi connectivity index (χ0v) is 15.6. The molecule has 2 aromatic carbocycles. The van der Waals surface area contributed by atoms with Crippen LogP contribution in [0.15, 0.2) is 54.6 Å². The van der Waals surface area contributed by atoms with Gasteiger partial charge < -0.3 is 10.5 Å². The second-order valence-electron chi connectivity index (χ2n) is 6.58. The molecule has 4 unspecified atom stereocenters. The number of benzene rings is 2. The van der Waals surface area contributed by atoms with E-state index < -0.39 is 0 Å². The van der Waals surface area contributed by atoms with Crippen molar-refractivity contribution in [2.75, 3.05) is 5.73 Å². The van der Waals surface area contributed by atoms with Gasteiger partial charge in [0.1, 0.15) is 18.1 Å². The van der Waals surface area contributed by atoms with Crippen LogP contribution < -0.4 is 5.73 Å². The van der Waals surface area contributed by atoms with Crippen molar-refractivity contribution in [1.82, 2.24) is 4.67 Å². The molecular formula is C20H25N2O2P. The molecule has 1 heterocycles. The molecule has 25 heavy (non-hydrogen) atoms. The lowest BCUT2D eigenvalue weighted by atomic mass is 9.96. The highest BCUT2D eigenvalue weighted by atomic mass is 31.0. The van der Waals surface area contributed by atoms with Gasteiger partial charge in [-0.3, -0.25) is 9.46 Å². The van der Waals surface area contributed by atoms with Gasteiger partial charge >= 0.3 is 0 Å². The van der Waals surface area contributed by atoms with Crippen LogP contribution in [0.1, 0.15) is 37.0 Å². The average Bonchev–Trinajstić information content (AvgIpc) is 2.91. The summed E-state index contributed by atoms with van der Waals surface area (Å²) in [7, 11) is 2.76. The Hall–Kier alpha value is -1.74.